The molecule has 1 aromatic heterocycles. The third-order valence-corrected chi connectivity index (χ3v) is 4.96. The molecule has 0 radical (unpaired) electrons. The fraction of sp³-hybridized carbons (Fsp3) is 0.400. The van der Waals surface area contributed by atoms with Gasteiger partial charge in [0.15, 0.2) is 0 Å². The summed E-state index contributed by atoms with van der Waals surface area (Å²) in [4.78, 5) is 23.4. The van der Waals surface area contributed by atoms with Crippen LogP contribution >= 0.6 is 0 Å². The van der Waals surface area contributed by atoms with Gasteiger partial charge in [0.05, 0.1) is 12.6 Å². The monoisotopic (exact) mass is 338 g/mol. The van der Waals surface area contributed by atoms with Crippen molar-refractivity contribution < 1.29 is 4.79 Å². The highest BCUT2D eigenvalue weighted by atomic mass is 16.2. The molecule has 0 bridgehead atoms. The first kappa shape index (κ1) is 17.4. The Morgan fingerprint density at radius 1 is 1.08 bits per heavy atom. The van der Waals surface area contributed by atoms with Crippen molar-refractivity contribution in [1.82, 2.24) is 14.8 Å². The second-order valence-electron chi connectivity index (χ2n) is 6.54. The third-order valence-electron chi connectivity index (χ3n) is 4.96. The highest BCUT2D eigenvalue weighted by Crippen LogP contribution is 2.19. The number of hydrogen-bond donors (Lipinski definition) is 0. The quantitative estimate of drug-likeness (QED) is 0.839. The van der Waals surface area contributed by atoms with Gasteiger partial charge < -0.3 is 9.80 Å². The predicted molar refractivity (Wildman–Crippen MR) is 101 cm³/mol. The number of aromatic nitrogens is 1. The summed E-state index contributed by atoms with van der Waals surface area (Å²) in [6.07, 6.45) is 1.82. The number of piperazine rings is 1. The van der Waals surface area contributed by atoms with Gasteiger partial charge in [-0.1, -0.05) is 36.4 Å². The van der Waals surface area contributed by atoms with Crippen LogP contribution in [0.2, 0.25) is 0 Å². The van der Waals surface area contributed by atoms with Crippen molar-refractivity contribution in [3.05, 3.63) is 60.3 Å². The summed E-state index contributed by atoms with van der Waals surface area (Å²) < 4.78 is 0. The minimum absolute atomic E-state index is 0.0866. The van der Waals surface area contributed by atoms with Crippen LogP contribution in [0.25, 0.3) is 0 Å². The lowest BCUT2D eigenvalue weighted by Gasteiger charge is -2.36. The molecule has 0 spiro atoms. The molecule has 0 saturated carbocycles. The summed E-state index contributed by atoms with van der Waals surface area (Å²) in [7, 11) is 1.89. The van der Waals surface area contributed by atoms with E-state index in [-0.39, 0.29) is 11.9 Å². The number of benzene rings is 1. The molecule has 1 fully saturated rings. The lowest BCUT2D eigenvalue weighted by Crippen LogP contribution is -2.50. The van der Waals surface area contributed by atoms with Gasteiger partial charge in [-0.2, -0.15) is 0 Å². The van der Waals surface area contributed by atoms with Crippen LogP contribution in [0.1, 0.15) is 18.5 Å². The maximum atomic E-state index is 12.6. The van der Waals surface area contributed by atoms with Crippen LogP contribution in [0.4, 0.5) is 5.82 Å². The molecule has 5 nitrogen and oxygen atoms in total. The van der Waals surface area contributed by atoms with Crippen LogP contribution in [0, 0.1) is 0 Å². The van der Waals surface area contributed by atoms with Crippen molar-refractivity contribution in [2.45, 2.75) is 13.0 Å². The summed E-state index contributed by atoms with van der Waals surface area (Å²) in [6, 6.07) is 16.2. The number of anilines is 1. The zero-order valence-corrected chi connectivity index (χ0v) is 15.0. The van der Waals surface area contributed by atoms with Crippen LogP contribution in [0.3, 0.4) is 0 Å². The van der Waals surface area contributed by atoms with E-state index in [0.717, 1.165) is 32.0 Å². The zero-order valence-electron chi connectivity index (χ0n) is 15.0. The summed E-state index contributed by atoms with van der Waals surface area (Å²) in [5.41, 5.74) is 1.17. The Morgan fingerprint density at radius 3 is 2.40 bits per heavy atom. The highest BCUT2D eigenvalue weighted by molar-refractivity contribution is 5.78. The molecular formula is C20H26N4O. The van der Waals surface area contributed by atoms with E-state index in [4.69, 9.17) is 0 Å². The van der Waals surface area contributed by atoms with Gasteiger partial charge in [-0.25, -0.2) is 4.98 Å². The molecule has 0 unspecified atom stereocenters. The Balaban J connectivity index is 1.50. The Bertz CT molecular complexity index is 669. The maximum Gasteiger partial charge on any atom is 0.236 e. The molecule has 1 aromatic carbocycles. The average molecular weight is 338 g/mol. The molecule has 0 aliphatic carbocycles. The molecule has 3 rings (SSSR count). The van der Waals surface area contributed by atoms with E-state index in [0.29, 0.717) is 6.54 Å². The first-order valence-corrected chi connectivity index (χ1v) is 8.84. The van der Waals surface area contributed by atoms with Crippen molar-refractivity contribution in [3.63, 3.8) is 0 Å². The number of pyridine rings is 1. The van der Waals surface area contributed by atoms with Gasteiger partial charge in [-0.15, -0.1) is 0 Å². The molecule has 132 valence electrons. The van der Waals surface area contributed by atoms with Gasteiger partial charge in [0.2, 0.25) is 5.91 Å². The molecule has 1 amide bonds. The Hall–Kier alpha value is -2.40. The van der Waals surface area contributed by atoms with Gasteiger partial charge in [-0.05, 0) is 24.6 Å². The summed E-state index contributed by atoms with van der Waals surface area (Å²) in [6.45, 7) is 6.13. The largest absolute Gasteiger partial charge is 0.354 e. The van der Waals surface area contributed by atoms with Gasteiger partial charge in [-0.3, -0.25) is 9.69 Å². The second-order valence-corrected chi connectivity index (χ2v) is 6.54. The molecule has 1 atom stereocenters. The summed E-state index contributed by atoms with van der Waals surface area (Å²) in [5.74, 6) is 1.19. The standard InChI is InChI=1S/C20H26N4O/c1-17(18-8-4-3-5-9-18)22(2)20(25)16-23-12-14-24(15-13-23)19-10-6-7-11-21-19/h3-11,17H,12-16H2,1-2H3/t17-/m0/s1. The normalized spacial score (nSPS) is 16.5. The fourth-order valence-corrected chi connectivity index (χ4v) is 3.15. The van der Waals surface area contributed by atoms with Gasteiger partial charge in [0.1, 0.15) is 5.82 Å². The minimum Gasteiger partial charge on any atom is -0.354 e. The van der Waals surface area contributed by atoms with E-state index in [1.807, 2.05) is 54.5 Å². The molecule has 1 aliphatic rings. The van der Waals surface area contributed by atoms with Crippen LogP contribution in [-0.4, -0.2) is 60.5 Å². The van der Waals surface area contributed by atoms with Crippen molar-refractivity contribution in [3.8, 4) is 0 Å². The fourth-order valence-electron chi connectivity index (χ4n) is 3.15. The van der Waals surface area contributed by atoms with E-state index in [2.05, 4.69) is 33.8 Å². The molecule has 1 saturated heterocycles. The molecular weight excluding hydrogens is 312 g/mol. The lowest BCUT2D eigenvalue weighted by atomic mass is 10.1. The Morgan fingerprint density at radius 2 is 1.76 bits per heavy atom. The highest BCUT2D eigenvalue weighted by Gasteiger charge is 2.23. The topological polar surface area (TPSA) is 39.7 Å². The average Bonchev–Trinajstić information content (AvgIpc) is 2.68. The zero-order chi connectivity index (χ0) is 17.6. The number of rotatable bonds is 5. The molecule has 2 aromatic rings. The van der Waals surface area contributed by atoms with Crippen molar-refractivity contribution in [2.75, 3.05) is 44.7 Å². The van der Waals surface area contributed by atoms with Crippen LogP contribution in [0.5, 0.6) is 0 Å². The third kappa shape index (κ3) is 4.37. The van der Waals surface area contributed by atoms with Crippen LogP contribution in [-0.2, 0) is 4.79 Å². The van der Waals surface area contributed by atoms with Crippen molar-refractivity contribution >= 4 is 11.7 Å². The van der Waals surface area contributed by atoms with E-state index >= 15 is 0 Å². The number of hydrogen-bond acceptors (Lipinski definition) is 4. The number of nitrogens with zero attached hydrogens (tertiary/aromatic N) is 4. The smallest absolute Gasteiger partial charge is 0.236 e. The van der Waals surface area contributed by atoms with E-state index in [1.54, 1.807) is 0 Å². The number of amides is 1. The van der Waals surface area contributed by atoms with E-state index < -0.39 is 0 Å². The molecule has 25 heavy (non-hydrogen) atoms. The van der Waals surface area contributed by atoms with E-state index in [9.17, 15) is 4.79 Å². The number of likely N-dealkylation sites (N-methyl/N-ethyl adjacent to an activating group) is 1. The minimum atomic E-state index is 0.0866. The molecule has 2 heterocycles. The summed E-state index contributed by atoms with van der Waals surface area (Å²) >= 11 is 0. The van der Waals surface area contributed by atoms with Crippen molar-refractivity contribution in [1.29, 1.82) is 0 Å². The Kier molecular flexibility index (Phi) is 5.66. The first-order valence-electron chi connectivity index (χ1n) is 8.84. The Labute approximate surface area is 149 Å². The number of carbonyl (C=O) groups is 1. The molecule has 0 N–H and O–H groups in total. The van der Waals surface area contributed by atoms with Crippen LogP contribution in [0.15, 0.2) is 54.7 Å². The van der Waals surface area contributed by atoms with Crippen molar-refractivity contribution in [2.24, 2.45) is 0 Å². The number of carbonyl (C=O) groups excluding carboxylic acids is 1. The second kappa shape index (κ2) is 8.12. The first-order chi connectivity index (χ1) is 12.1. The van der Waals surface area contributed by atoms with Gasteiger partial charge in [0.25, 0.3) is 0 Å². The van der Waals surface area contributed by atoms with Gasteiger partial charge >= 0.3 is 0 Å². The lowest BCUT2D eigenvalue weighted by molar-refractivity contribution is -0.133. The molecule has 5 heteroatoms. The van der Waals surface area contributed by atoms with Crippen LogP contribution < -0.4 is 4.90 Å². The maximum absolute atomic E-state index is 12.6. The molecule has 1 aliphatic heterocycles. The predicted octanol–water partition coefficient (Wildman–Crippen LogP) is 2.42. The van der Waals surface area contributed by atoms with Gasteiger partial charge in [0, 0.05) is 39.4 Å². The summed E-state index contributed by atoms with van der Waals surface area (Å²) in [5, 5.41) is 0. The van der Waals surface area contributed by atoms with E-state index in [1.165, 1.54) is 5.56 Å². The SMILES string of the molecule is C[C@@H](c1ccccc1)N(C)C(=O)CN1CCN(c2ccccn2)CC1.